The van der Waals surface area contributed by atoms with Crippen molar-refractivity contribution < 1.29 is 9.59 Å². The van der Waals surface area contributed by atoms with Gasteiger partial charge in [-0.1, -0.05) is 26.2 Å². The zero-order valence-electron chi connectivity index (χ0n) is 7.43. The molecule has 70 valence electrons. The third-order valence-corrected chi connectivity index (χ3v) is 1.51. The molecule has 0 spiro atoms. The van der Waals surface area contributed by atoms with Gasteiger partial charge in [0.15, 0.2) is 0 Å². The summed E-state index contributed by atoms with van der Waals surface area (Å²) in [5, 5.41) is 4.57. The van der Waals surface area contributed by atoms with E-state index in [2.05, 4.69) is 12.2 Å². The normalized spacial score (nSPS) is 9.08. The SMILES string of the molecule is CCCCCCNC(=O)NC=O. The molecule has 0 aliphatic rings. The molecule has 0 bridgehead atoms. The Labute approximate surface area is 72.7 Å². The van der Waals surface area contributed by atoms with Gasteiger partial charge in [0.05, 0.1) is 0 Å². The lowest BCUT2D eigenvalue weighted by molar-refractivity contribution is -0.108. The van der Waals surface area contributed by atoms with Gasteiger partial charge in [0.25, 0.3) is 0 Å². The van der Waals surface area contributed by atoms with Gasteiger partial charge in [0, 0.05) is 6.54 Å². The average Bonchev–Trinajstić information content (AvgIpc) is 2.05. The van der Waals surface area contributed by atoms with Gasteiger partial charge in [-0.05, 0) is 6.42 Å². The lowest BCUT2D eigenvalue weighted by atomic mass is 10.2. The second-order valence-electron chi connectivity index (χ2n) is 2.58. The number of hydrogen-bond donors (Lipinski definition) is 2. The van der Waals surface area contributed by atoms with E-state index in [1.165, 1.54) is 12.8 Å². The molecule has 0 heterocycles. The molecule has 0 rings (SSSR count). The molecule has 0 fully saturated rings. The summed E-state index contributed by atoms with van der Waals surface area (Å²) in [5.41, 5.74) is 0. The molecule has 0 aliphatic carbocycles. The number of hydrogen-bond acceptors (Lipinski definition) is 2. The highest BCUT2D eigenvalue weighted by Gasteiger charge is 1.95. The van der Waals surface area contributed by atoms with Gasteiger partial charge < -0.3 is 5.32 Å². The van der Waals surface area contributed by atoms with Gasteiger partial charge in [-0.3, -0.25) is 10.1 Å². The maximum absolute atomic E-state index is 10.6. The van der Waals surface area contributed by atoms with E-state index in [0.29, 0.717) is 13.0 Å². The lowest BCUT2D eigenvalue weighted by Gasteiger charge is -2.02. The van der Waals surface area contributed by atoms with Crippen LogP contribution in [0, 0.1) is 0 Å². The minimum Gasteiger partial charge on any atom is -0.338 e. The van der Waals surface area contributed by atoms with Crippen LogP contribution in [0.15, 0.2) is 0 Å². The summed E-state index contributed by atoms with van der Waals surface area (Å²) < 4.78 is 0. The van der Waals surface area contributed by atoms with Crippen LogP contribution in [-0.2, 0) is 4.79 Å². The first-order valence-corrected chi connectivity index (χ1v) is 4.29. The van der Waals surface area contributed by atoms with Crippen LogP contribution in [0.2, 0.25) is 0 Å². The van der Waals surface area contributed by atoms with E-state index in [4.69, 9.17) is 0 Å². The number of carbonyl (C=O) groups excluding carboxylic acids is 2. The van der Waals surface area contributed by atoms with Crippen molar-refractivity contribution in [3.8, 4) is 0 Å². The van der Waals surface area contributed by atoms with Gasteiger partial charge >= 0.3 is 6.03 Å². The van der Waals surface area contributed by atoms with Gasteiger partial charge in [-0.25, -0.2) is 4.79 Å². The first-order valence-electron chi connectivity index (χ1n) is 4.29. The summed E-state index contributed by atoms with van der Waals surface area (Å²) in [6, 6.07) is -0.415. The maximum Gasteiger partial charge on any atom is 0.321 e. The van der Waals surface area contributed by atoms with Crippen LogP contribution in [0.25, 0.3) is 0 Å². The molecule has 4 nitrogen and oxygen atoms in total. The molecule has 0 aromatic rings. The maximum atomic E-state index is 10.6. The van der Waals surface area contributed by atoms with E-state index in [1.54, 1.807) is 0 Å². The van der Waals surface area contributed by atoms with Gasteiger partial charge in [0.2, 0.25) is 6.41 Å². The predicted molar refractivity (Wildman–Crippen MR) is 46.7 cm³/mol. The van der Waals surface area contributed by atoms with E-state index < -0.39 is 6.03 Å². The first kappa shape index (κ1) is 10.9. The third-order valence-electron chi connectivity index (χ3n) is 1.51. The Morgan fingerprint density at radius 1 is 1.33 bits per heavy atom. The smallest absolute Gasteiger partial charge is 0.321 e. The minimum absolute atomic E-state index is 0.376. The van der Waals surface area contributed by atoms with E-state index >= 15 is 0 Å². The summed E-state index contributed by atoms with van der Waals surface area (Å²) >= 11 is 0. The van der Waals surface area contributed by atoms with Crippen LogP contribution in [0.1, 0.15) is 32.6 Å². The monoisotopic (exact) mass is 172 g/mol. The largest absolute Gasteiger partial charge is 0.338 e. The van der Waals surface area contributed by atoms with Gasteiger partial charge in [-0.15, -0.1) is 0 Å². The molecule has 0 saturated carbocycles. The molecule has 12 heavy (non-hydrogen) atoms. The Morgan fingerprint density at radius 2 is 2.08 bits per heavy atom. The van der Waals surface area contributed by atoms with Gasteiger partial charge in [-0.2, -0.15) is 0 Å². The number of amides is 3. The molecule has 3 amide bonds. The topological polar surface area (TPSA) is 58.2 Å². The fourth-order valence-electron chi connectivity index (χ4n) is 0.858. The fraction of sp³-hybridized carbons (Fsp3) is 0.750. The average molecular weight is 172 g/mol. The third kappa shape index (κ3) is 7.05. The number of imide groups is 1. The Kier molecular flexibility index (Phi) is 7.33. The van der Waals surface area contributed by atoms with Crippen molar-refractivity contribution in [1.82, 2.24) is 10.6 Å². The van der Waals surface area contributed by atoms with E-state index in [1.807, 2.05) is 5.32 Å². The predicted octanol–water partition coefficient (Wildman–Crippen LogP) is 1.02. The van der Waals surface area contributed by atoms with Crippen LogP contribution < -0.4 is 10.6 Å². The Morgan fingerprint density at radius 3 is 2.67 bits per heavy atom. The number of nitrogens with one attached hydrogen (secondary N) is 2. The lowest BCUT2D eigenvalue weighted by Crippen LogP contribution is -2.34. The van der Waals surface area contributed by atoms with Gasteiger partial charge in [0.1, 0.15) is 0 Å². The van der Waals surface area contributed by atoms with E-state index in [0.717, 1.165) is 12.8 Å². The Balaban J connectivity index is 3.08. The van der Waals surface area contributed by atoms with Crippen molar-refractivity contribution in [3.05, 3.63) is 0 Å². The Bertz CT molecular complexity index is 137. The van der Waals surface area contributed by atoms with Crippen molar-refractivity contribution >= 4 is 12.4 Å². The highest BCUT2D eigenvalue weighted by atomic mass is 16.2. The van der Waals surface area contributed by atoms with Crippen LogP contribution in [0.3, 0.4) is 0 Å². The van der Waals surface area contributed by atoms with E-state index in [-0.39, 0.29) is 0 Å². The summed E-state index contributed by atoms with van der Waals surface area (Å²) in [5.74, 6) is 0. The first-order chi connectivity index (χ1) is 5.81. The number of unbranched alkanes of at least 4 members (excludes halogenated alkanes) is 3. The second-order valence-corrected chi connectivity index (χ2v) is 2.58. The standard InChI is InChI=1S/C8H16N2O2/c1-2-3-4-5-6-9-8(12)10-7-11/h7H,2-6H2,1H3,(H2,9,10,11,12). The van der Waals surface area contributed by atoms with E-state index in [9.17, 15) is 9.59 Å². The minimum atomic E-state index is -0.415. The van der Waals surface area contributed by atoms with Crippen molar-refractivity contribution in [2.45, 2.75) is 32.6 Å². The molecule has 0 atom stereocenters. The molecular weight excluding hydrogens is 156 g/mol. The molecule has 0 aromatic carbocycles. The zero-order valence-corrected chi connectivity index (χ0v) is 7.43. The number of rotatable bonds is 6. The summed E-state index contributed by atoms with van der Waals surface area (Å²) in [6.45, 7) is 2.77. The fourth-order valence-corrected chi connectivity index (χ4v) is 0.858. The van der Waals surface area contributed by atoms with Crippen molar-refractivity contribution in [2.75, 3.05) is 6.54 Å². The number of carbonyl (C=O) groups is 2. The quantitative estimate of drug-likeness (QED) is 0.464. The summed E-state index contributed by atoms with van der Waals surface area (Å²) in [6.07, 6.45) is 4.84. The number of urea groups is 1. The van der Waals surface area contributed by atoms with Crippen molar-refractivity contribution in [3.63, 3.8) is 0 Å². The zero-order chi connectivity index (χ0) is 9.23. The van der Waals surface area contributed by atoms with Crippen molar-refractivity contribution in [1.29, 1.82) is 0 Å². The van der Waals surface area contributed by atoms with Crippen LogP contribution >= 0.6 is 0 Å². The molecule has 2 N–H and O–H groups in total. The molecule has 0 radical (unpaired) electrons. The van der Waals surface area contributed by atoms with Crippen molar-refractivity contribution in [2.24, 2.45) is 0 Å². The second kappa shape index (κ2) is 8.04. The molecule has 0 saturated heterocycles. The molecule has 0 aliphatic heterocycles. The summed E-state index contributed by atoms with van der Waals surface area (Å²) in [4.78, 5) is 20.4. The Hall–Kier alpha value is -1.06. The van der Waals surface area contributed by atoms with Crippen LogP contribution in [-0.4, -0.2) is 19.0 Å². The molecule has 0 aromatic heterocycles. The molecular formula is C8H16N2O2. The highest BCUT2D eigenvalue weighted by molar-refractivity contribution is 5.84. The highest BCUT2D eigenvalue weighted by Crippen LogP contribution is 1.96. The molecule has 4 heteroatoms. The summed E-state index contributed by atoms with van der Waals surface area (Å²) in [7, 11) is 0. The molecule has 0 unspecified atom stereocenters. The van der Waals surface area contributed by atoms with Crippen LogP contribution in [0.5, 0.6) is 0 Å². The van der Waals surface area contributed by atoms with Crippen LogP contribution in [0.4, 0.5) is 4.79 Å².